The Labute approximate surface area is 161 Å². The van der Waals surface area contributed by atoms with Gasteiger partial charge in [0.05, 0.1) is 11.5 Å². The van der Waals surface area contributed by atoms with Gasteiger partial charge >= 0.3 is 0 Å². The van der Waals surface area contributed by atoms with Crippen LogP contribution in [-0.2, 0) is 33.0 Å². The molecule has 2 aliphatic heterocycles. The number of benzene rings is 1. The van der Waals surface area contributed by atoms with Crippen molar-refractivity contribution in [3.8, 4) is 0 Å². The Morgan fingerprint density at radius 1 is 1.11 bits per heavy atom. The quantitative estimate of drug-likeness (QED) is 0.829. The summed E-state index contributed by atoms with van der Waals surface area (Å²) in [4.78, 5) is -0.596. The molecule has 1 spiro atoms. The number of rotatable bonds is 2. The van der Waals surface area contributed by atoms with Gasteiger partial charge in [0.2, 0.25) is 9.84 Å². The number of halogens is 2. The number of hydrogen-bond acceptors (Lipinski definition) is 5. The molecule has 5 nitrogen and oxygen atoms in total. The van der Waals surface area contributed by atoms with Crippen LogP contribution in [0.1, 0.15) is 35.5 Å². The molecule has 1 aliphatic carbocycles. The highest BCUT2D eigenvalue weighted by Crippen LogP contribution is 2.43. The van der Waals surface area contributed by atoms with E-state index in [4.69, 9.17) is 9.15 Å². The van der Waals surface area contributed by atoms with Gasteiger partial charge in [-0.2, -0.15) is 0 Å². The van der Waals surface area contributed by atoms with Crippen LogP contribution in [0, 0.1) is 11.6 Å². The van der Waals surface area contributed by atoms with E-state index < -0.39 is 26.4 Å². The number of fused-ring (bicyclic) bond motifs is 4. The fourth-order valence-electron chi connectivity index (χ4n) is 4.46. The molecular weight excluding hydrogens is 388 g/mol. The molecule has 0 saturated carbocycles. The van der Waals surface area contributed by atoms with E-state index in [1.807, 2.05) is 0 Å². The van der Waals surface area contributed by atoms with Gasteiger partial charge in [0, 0.05) is 24.3 Å². The van der Waals surface area contributed by atoms with E-state index in [0.29, 0.717) is 25.4 Å². The highest BCUT2D eigenvalue weighted by Gasteiger charge is 2.45. The average Bonchev–Trinajstić information content (AvgIpc) is 3.29. The number of ether oxygens (including phenoxy) is 1. The zero-order valence-electron chi connectivity index (χ0n) is 15.1. The van der Waals surface area contributed by atoms with Gasteiger partial charge in [0.1, 0.15) is 22.0 Å². The summed E-state index contributed by atoms with van der Waals surface area (Å²) in [6, 6.07) is 3.19. The van der Waals surface area contributed by atoms with Gasteiger partial charge in [-0.05, 0) is 43.9 Å². The summed E-state index contributed by atoms with van der Waals surface area (Å²) < 4.78 is 65.2. The van der Waals surface area contributed by atoms with Crippen LogP contribution in [0.5, 0.6) is 0 Å². The van der Waals surface area contributed by atoms with Crippen LogP contribution in [0.2, 0.25) is 0 Å². The number of furan rings is 1. The van der Waals surface area contributed by atoms with Crippen LogP contribution >= 0.6 is 0 Å². The van der Waals surface area contributed by atoms with Crippen molar-refractivity contribution in [3.63, 3.8) is 0 Å². The molecule has 2 aromatic rings. The highest BCUT2D eigenvalue weighted by molar-refractivity contribution is 7.95. The van der Waals surface area contributed by atoms with Crippen LogP contribution in [-0.4, -0.2) is 28.2 Å². The van der Waals surface area contributed by atoms with Crippen molar-refractivity contribution in [3.05, 3.63) is 57.4 Å². The number of nitrogens with one attached hydrogen (secondary N) is 1. The Morgan fingerprint density at radius 2 is 1.96 bits per heavy atom. The molecule has 3 aliphatic rings. The van der Waals surface area contributed by atoms with E-state index in [2.05, 4.69) is 5.32 Å². The minimum Gasteiger partial charge on any atom is -0.459 e. The number of hydrogen-bond donors (Lipinski definition) is 1. The highest BCUT2D eigenvalue weighted by atomic mass is 32.2. The van der Waals surface area contributed by atoms with Crippen molar-refractivity contribution in [2.45, 2.75) is 36.1 Å². The predicted molar refractivity (Wildman–Crippen MR) is 97.4 cm³/mol. The van der Waals surface area contributed by atoms with Crippen molar-refractivity contribution >= 4 is 15.9 Å². The fourth-order valence-corrected chi connectivity index (χ4v) is 5.97. The van der Waals surface area contributed by atoms with E-state index in [9.17, 15) is 17.2 Å². The zero-order valence-corrected chi connectivity index (χ0v) is 15.9. The van der Waals surface area contributed by atoms with Crippen LogP contribution < -0.4 is 5.32 Å². The average molecular weight is 407 g/mol. The molecule has 5 rings (SSSR count). The first-order valence-electron chi connectivity index (χ1n) is 9.30. The Balaban J connectivity index is 1.60. The van der Waals surface area contributed by atoms with Crippen LogP contribution in [0.15, 0.2) is 32.4 Å². The van der Waals surface area contributed by atoms with Crippen molar-refractivity contribution in [2.24, 2.45) is 0 Å². The summed E-state index contributed by atoms with van der Waals surface area (Å²) in [5.74, 6) is -1.20. The molecule has 1 aromatic heterocycles. The van der Waals surface area contributed by atoms with Crippen molar-refractivity contribution in [1.82, 2.24) is 5.32 Å². The molecule has 1 atom stereocenters. The third-order valence-electron chi connectivity index (χ3n) is 5.91. The maximum atomic E-state index is 14.1. The maximum Gasteiger partial charge on any atom is 0.205 e. The van der Waals surface area contributed by atoms with E-state index >= 15 is 0 Å². The van der Waals surface area contributed by atoms with Crippen LogP contribution in [0.4, 0.5) is 8.78 Å². The molecule has 8 heteroatoms. The summed E-state index contributed by atoms with van der Waals surface area (Å²) in [7, 11) is -4.14. The van der Waals surface area contributed by atoms with Crippen molar-refractivity contribution < 1.29 is 26.4 Å². The van der Waals surface area contributed by atoms with E-state index in [0.717, 1.165) is 48.4 Å². The Bertz CT molecular complexity index is 1100. The zero-order chi connectivity index (χ0) is 19.5. The molecule has 1 aromatic carbocycles. The first kappa shape index (κ1) is 18.0. The molecule has 1 fully saturated rings. The molecule has 148 valence electrons. The summed E-state index contributed by atoms with van der Waals surface area (Å²) in [6.45, 7) is 1.98. The lowest BCUT2D eigenvalue weighted by Gasteiger charge is -2.32. The van der Waals surface area contributed by atoms with Gasteiger partial charge in [0.25, 0.3) is 0 Å². The van der Waals surface area contributed by atoms with Gasteiger partial charge in [-0.25, -0.2) is 17.2 Å². The lowest BCUT2D eigenvalue weighted by Crippen LogP contribution is -2.47. The SMILES string of the molecule is O=S(=O)(C1=Cc2oc3c(c2CC1)CCNC31CCOC1)c1cccc(F)c1F. The van der Waals surface area contributed by atoms with Crippen LogP contribution in [0.3, 0.4) is 0 Å². The number of sulfone groups is 1. The topological polar surface area (TPSA) is 68.5 Å². The fraction of sp³-hybridized carbons (Fsp3) is 0.400. The second kappa shape index (κ2) is 6.23. The van der Waals surface area contributed by atoms with Gasteiger partial charge in [-0.15, -0.1) is 0 Å². The van der Waals surface area contributed by atoms with Gasteiger partial charge in [0.15, 0.2) is 11.6 Å². The normalized spacial score (nSPS) is 24.1. The lowest BCUT2D eigenvalue weighted by molar-refractivity contribution is 0.152. The summed E-state index contributed by atoms with van der Waals surface area (Å²) >= 11 is 0. The Hall–Kier alpha value is -2.03. The van der Waals surface area contributed by atoms with E-state index in [1.54, 1.807) is 0 Å². The van der Waals surface area contributed by atoms with Gasteiger partial charge in [-0.1, -0.05) is 6.07 Å². The van der Waals surface area contributed by atoms with Gasteiger partial charge < -0.3 is 14.5 Å². The largest absolute Gasteiger partial charge is 0.459 e. The molecule has 0 radical (unpaired) electrons. The molecule has 1 saturated heterocycles. The molecule has 0 amide bonds. The minimum atomic E-state index is -4.14. The summed E-state index contributed by atoms with van der Waals surface area (Å²) in [6.07, 6.45) is 3.81. The molecular formula is C20H19F2NO4S. The first-order valence-corrected chi connectivity index (χ1v) is 10.8. The standard InChI is InChI=1S/C20H19F2NO4S/c21-15-2-1-3-17(18(15)22)28(24,25)12-4-5-13-14-6-8-23-20(7-9-26-11-20)19(14)27-16(13)10-12/h1-3,10,23H,4-9,11H2. The Kier molecular flexibility index (Phi) is 4.01. The van der Waals surface area contributed by atoms with Crippen molar-refractivity contribution in [2.75, 3.05) is 19.8 Å². The smallest absolute Gasteiger partial charge is 0.205 e. The third-order valence-corrected chi connectivity index (χ3v) is 7.81. The monoisotopic (exact) mass is 407 g/mol. The molecule has 28 heavy (non-hydrogen) atoms. The minimum absolute atomic E-state index is 0.0419. The molecule has 1 unspecified atom stereocenters. The van der Waals surface area contributed by atoms with Crippen LogP contribution in [0.25, 0.3) is 6.08 Å². The lowest BCUT2D eigenvalue weighted by atomic mass is 9.85. The predicted octanol–water partition coefficient (Wildman–Crippen LogP) is 3.08. The maximum absolute atomic E-state index is 14.1. The molecule has 0 bridgehead atoms. The number of allylic oxidation sites excluding steroid dienone is 1. The summed E-state index contributed by atoms with van der Waals surface area (Å²) in [5, 5.41) is 3.49. The second-order valence-electron chi connectivity index (χ2n) is 7.48. The molecule has 1 N–H and O–H groups in total. The van der Waals surface area contributed by atoms with E-state index in [-0.39, 0.29) is 16.9 Å². The first-order chi connectivity index (χ1) is 13.4. The molecule has 3 heterocycles. The van der Waals surface area contributed by atoms with Crippen molar-refractivity contribution in [1.29, 1.82) is 0 Å². The Morgan fingerprint density at radius 3 is 2.75 bits per heavy atom. The second-order valence-corrected chi connectivity index (χ2v) is 9.45. The van der Waals surface area contributed by atoms with E-state index in [1.165, 1.54) is 12.1 Å². The summed E-state index contributed by atoms with van der Waals surface area (Å²) in [5.41, 5.74) is 1.79. The van der Waals surface area contributed by atoms with Gasteiger partial charge in [-0.3, -0.25) is 0 Å². The third kappa shape index (κ3) is 2.51.